The largest absolute Gasteiger partial charge is 0.416 e. The van der Waals surface area contributed by atoms with E-state index >= 15 is 0 Å². The third kappa shape index (κ3) is 5.77. The third-order valence-corrected chi connectivity index (χ3v) is 5.78. The van der Waals surface area contributed by atoms with Crippen molar-refractivity contribution in [3.05, 3.63) is 69.9 Å². The molecule has 3 aromatic rings. The Labute approximate surface area is 207 Å². The predicted octanol–water partition coefficient (Wildman–Crippen LogP) is 6.51. The average Bonchev–Trinajstić information content (AvgIpc) is 3.16. The summed E-state index contributed by atoms with van der Waals surface area (Å²) < 4.78 is 82.0. The Kier molecular flexibility index (Phi) is 7.92. The van der Waals surface area contributed by atoms with Gasteiger partial charge in [-0.25, -0.2) is 0 Å². The van der Waals surface area contributed by atoms with Crippen LogP contribution in [0, 0.1) is 0 Å². The van der Waals surface area contributed by atoms with Crippen LogP contribution in [0.15, 0.2) is 42.5 Å². The van der Waals surface area contributed by atoms with Gasteiger partial charge in [-0.2, -0.15) is 26.3 Å². The van der Waals surface area contributed by atoms with Crippen molar-refractivity contribution < 1.29 is 35.9 Å². The van der Waals surface area contributed by atoms with E-state index in [0.717, 1.165) is 12.1 Å². The van der Waals surface area contributed by atoms with Crippen molar-refractivity contribution >= 4 is 34.3 Å². The smallest absolute Gasteiger partial charge is 0.352 e. The maximum atomic E-state index is 13.8. The minimum Gasteiger partial charge on any atom is -0.352 e. The number of fused-ring (bicyclic) bond motifs is 1. The SMILES string of the molecule is CCCNC(=O)c1cc2cc(C(=O)NC(c3cccc(C(F)(F)F)c3)C(F)(F)F)n(CC)c2cc1Cl. The maximum Gasteiger partial charge on any atom is 0.416 e. The van der Waals surface area contributed by atoms with Gasteiger partial charge in [0.1, 0.15) is 5.69 Å². The zero-order valence-corrected chi connectivity index (χ0v) is 19.9. The van der Waals surface area contributed by atoms with E-state index in [1.165, 1.54) is 22.8 Å². The number of alkyl halides is 6. The van der Waals surface area contributed by atoms with Gasteiger partial charge in [0.15, 0.2) is 6.04 Å². The molecule has 194 valence electrons. The Morgan fingerprint density at radius 1 is 1.00 bits per heavy atom. The number of amides is 2. The van der Waals surface area contributed by atoms with Gasteiger partial charge in [-0.05, 0) is 49.2 Å². The number of carbonyl (C=O) groups excluding carboxylic acids is 2. The lowest BCUT2D eigenvalue weighted by Gasteiger charge is -2.23. The average molecular weight is 534 g/mol. The van der Waals surface area contributed by atoms with Crippen LogP contribution >= 0.6 is 11.6 Å². The highest BCUT2D eigenvalue weighted by molar-refractivity contribution is 6.34. The minimum atomic E-state index is -5.07. The molecule has 0 saturated heterocycles. The molecule has 0 saturated carbocycles. The van der Waals surface area contributed by atoms with Crippen LogP contribution in [0.4, 0.5) is 26.3 Å². The van der Waals surface area contributed by atoms with Crippen LogP contribution in [0.1, 0.15) is 58.3 Å². The second kappa shape index (κ2) is 10.4. The molecule has 0 aliphatic heterocycles. The standard InChI is InChI=1S/C24H22ClF6N3O2/c1-3-8-32-21(35)16-10-14-11-19(34(4-2)18(14)12-17(16)25)22(36)33-20(24(29,30)31)13-6-5-7-15(9-13)23(26,27)28/h5-7,9-12,20H,3-4,8H2,1-2H3,(H,32,35)(H,33,36). The summed E-state index contributed by atoms with van der Waals surface area (Å²) in [5.41, 5.74) is -1.66. The molecule has 12 heteroatoms. The molecule has 0 fully saturated rings. The Morgan fingerprint density at radius 3 is 2.28 bits per heavy atom. The highest BCUT2D eigenvalue weighted by atomic mass is 35.5. The van der Waals surface area contributed by atoms with Gasteiger partial charge in [-0.15, -0.1) is 0 Å². The molecule has 1 atom stereocenters. The molecule has 2 aromatic carbocycles. The van der Waals surface area contributed by atoms with E-state index < -0.39 is 41.3 Å². The van der Waals surface area contributed by atoms with E-state index in [9.17, 15) is 35.9 Å². The number of hydrogen-bond acceptors (Lipinski definition) is 2. The zero-order chi connectivity index (χ0) is 26.8. The number of benzene rings is 2. The normalized spacial score (nSPS) is 13.0. The van der Waals surface area contributed by atoms with E-state index in [4.69, 9.17) is 11.6 Å². The molecule has 36 heavy (non-hydrogen) atoms. The number of nitrogens with zero attached hydrogens (tertiary/aromatic N) is 1. The summed E-state index contributed by atoms with van der Waals surface area (Å²) in [6.07, 6.45) is -9.24. The summed E-state index contributed by atoms with van der Waals surface area (Å²) in [6, 6.07) is 4.20. The topological polar surface area (TPSA) is 63.1 Å². The van der Waals surface area contributed by atoms with Gasteiger partial charge in [-0.3, -0.25) is 9.59 Å². The van der Waals surface area contributed by atoms with Crippen molar-refractivity contribution in [1.82, 2.24) is 15.2 Å². The van der Waals surface area contributed by atoms with Gasteiger partial charge < -0.3 is 15.2 Å². The van der Waals surface area contributed by atoms with E-state index in [-0.39, 0.29) is 22.8 Å². The quantitative estimate of drug-likeness (QED) is 0.340. The van der Waals surface area contributed by atoms with Crippen LogP contribution in [0.5, 0.6) is 0 Å². The van der Waals surface area contributed by atoms with Crippen molar-refractivity contribution in [2.45, 2.75) is 45.2 Å². The fraction of sp³-hybridized carbons (Fsp3) is 0.333. The van der Waals surface area contributed by atoms with Crippen molar-refractivity contribution in [3.8, 4) is 0 Å². The van der Waals surface area contributed by atoms with Gasteiger partial charge >= 0.3 is 12.4 Å². The van der Waals surface area contributed by atoms with Crippen LogP contribution in [-0.4, -0.2) is 29.1 Å². The molecule has 0 radical (unpaired) electrons. The van der Waals surface area contributed by atoms with E-state index in [1.54, 1.807) is 6.92 Å². The lowest BCUT2D eigenvalue weighted by atomic mass is 10.0. The third-order valence-electron chi connectivity index (χ3n) is 5.47. The predicted molar refractivity (Wildman–Crippen MR) is 123 cm³/mol. The molecule has 5 nitrogen and oxygen atoms in total. The maximum absolute atomic E-state index is 13.8. The van der Waals surface area contributed by atoms with Crippen LogP contribution in [-0.2, 0) is 12.7 Å². The molecule has 1 unspecified atom stereocenters. The molecule has 0 bridgehead atoms. The van der Waals surface area contributed by atoms with Crippen LogP contribution < -0.4 is 10.6 Å². The zero-order valence-electron chi connectivity index (χ0n) is 19.1. The summed E-state index contributed by atoms with van der Waals surface area (Å²) in [6.45, 7) is 4.10. The Morgan fingerprint density at radius 2 is 1.69 bits per heavy atom. The second-order valence-corrected chi connectivity index (χ2v) is 8.40. The molecular formula is C24H22ClF6N3O2. The first-order chi connectivity index (χ1) is 16.8. The monoisotopic (exact) mass is 533 g/mol. The van der Waals surface area contributed by atoms with Gasteiger partial charge in [0, 0.05) is 18.5 Å². The summed E-state index contributed by atoms with van der Waals surface area (Å²) in [5, 5.41) is 4.97. The molecular weight excluding hydrogens is 512 g/mol. The lowest BCUT2D eigenvalue weighted by molar-refractivity contribution is -0.156. The molecule has 0 aliphatic rings. The molecule has 2 N–H and O–H groups in total. The molecule has 0 aliphatic carbocycles. The van der Waals surface area contributed by atoms with Crippen LogP contribution in [0.25, 0.3) is 10.9 Å². The fourth-order valence-electron chi connectivity index (χ4n) is 3.77. The van der Waals surface area contributed by atoms with Crippen molar-refractivity contribution in [1.29, 1.82) is 0 Å². The number of halogens is 7. The molecule has 1 heterocycles. The fourth-order valence-corrected chi connectivity index (χ4v) is 4.02. The van der Waals surface area contributed by atoms with Gasteiger partial charge in [-0.1, -0.05) is 30.7 Å². The molecule has 0 spiro atoms. The van der Waals surface area contributed by atoms with Gasteiger partial charge in [0.25, 0.3) is 11.8 Å². The Bertz CT molecular complexity index is 1280. The van der Waals surface area contributed by atoms with Crippen molar-refractivity contribution in [3.63, 3.8) is 0 Å². The van der Waals surface area contributed by atoms with Gasteiger partial charge in [0.05, 0.1) is 21.7 Å². The van der Waals surface area contributed by atoms with Crippen molar-refractivity contribution in [2.24, 2.45) is 0 Å². The lowest BCUT2D eigenvalue weighted by Crippen LogP contribution is -2.39. The highest BCUT2D eigenvalue weighted by Gasteiger charge is 2.43. The first-order valence-electron chi connectivity index (χ1n) is 10.9. The first-order valence-corrected chi connectivity index (χ1v) is 11.3. The number of hydrogen-bond donors (Lipinski definition) is 2. The van der Waals surface area contributed by atoms with Crippen LogP contribution in [0.3, 0.4) is 0 Å². The number of aryl methyl sites for hydroxylation is 1. The van der Waals surface area contributed by atoms with E-state index in [2.05, 4.69) is 5.32 Å². The van der Waals surface area contributed by atoms with Crippen molar-refractivity contribution in [2.75, 3.05) is 6.54 Å². The summed E-state index contributed by atoms with van der Waals surface area (Å²) in [5.74, 6) is -1.60. The summed E-state index contributed by atoms with van der Waals surface area (Å²) in [4.78, 5) is 25.4. The van der Waals surface area contributed by atoms with Gasteiger partial charge in [0.2, 0.25) is 0 Å². The minimum absolute atomic E-state index is 0.0907. The van der Waals surface area contributed by atoms with E-state index in [1.807, 2.05) is 12.2 Å². The number of carbonyl (C=O) groups is 2. The van der Waals surface area contributed by atoms with E-state index in [0.29, 0.717) is 36.0 Å². The highest BCUT2D eigenvalue weighted by Crippen LogP contribution is 2.37. The number of rotatable bonds is 7. The number of nitrogens with one attached hydrogen (secondary N) is 2. The summed E-state index contributed by atoms with van der Waals surface area (Å²) in [7, 11) is 0. The molecule has 1 aromatic heterocycles. The molecule has 2 amide bonds. The second-order valence-electron chi connectivity index (χ2n) is 7.99. The molecule has 3 rings (SSSR count). The number of aromatic nitrogens is 1. The Hall–Kier alpha value is -3.21. The first kappa shape index (κ1) is 27.4. The summed E-state index contributed by atoms with van der Waals surface area (Å²) >= 11 is 6.26. The van der Waals surface area contributed by atoms with Crippen LogP contribution in [0.2, 0.25) is 5.02 Å². The Balaban J connectivity index is 2.02.